The third-order valence-electron chi connectivity index (χ3n) is 14.4. The molecule has 20 nitrogen and oxygen atoms in total. The third-order valence-corrected chi connectivity index (χ3v) is 34.1. The van der Waals surface area contributed by atoms with Crippen LogP contribution in [0.2, 0.25) is 38.3 Å². The van der Waals surface area contributed by atoms with Crippen LogP contribution in [0.25, 0.3) is 21.5 Å². The molecule has 4 aromatic carbocycles. The van der Waals surface area contributed by atoms with Crippen molar-refractivity contribution in [3.8, 4) is 0 Å². The van der Waals surface area contributed by atoms with E-state index in [-0.39, 0.29) is 6.54 Å². The zero-order chi connectivity index (χ0) is 49.0. The second kappa shape index (κ2) is 14.3. The van der Waals surface area contributed by atoms with Crippen LogP contribution in [0.15, 0.2) is 117 Å². The first-order valence-corrected chi connectivity index (χ1v) is 34.8. The van der Waals surface area contributed by atoms with Crippen LogP contribution < -0.4 is 27.3 Å². The van der Waals surface area contributed by atoms with E-state index < -0.39 is 61.8 Å². The van der Waals surface area contributed by atoms with Gasteiger partial charge in [0.25, 0.3) is 0 Å². The van der Waals surface area contributed by atoms with Gasteiger partial charge in [0.2, 0.25) is 0 Å². The molecule has 1 spiro atoms. The average Bonchev–Trinajstić information content (AvgIpc) is 4.02. The number of aromatic nitrogens is 2. The minimum atomic E-state index is -6.93. The molecular weight excluding hydrogens is 987 g/mol. The topological polar surface area (TPSA) is 265 Å². The molecule has 0 radical (unpaired) electrons. The Hall–Kier alpha value is -6.14. The monoisotopic (exact) mass is 1030 g/mol. The number of nitrogens with two attached hydrogens (primary N) is 1. The van der Waals surface area contributed by atoms with Crippen molar-refractivity contribution in [3.05, 3.63) is 130 Å². The summed E-state index contributed by atoms with van der Waals surface area (Å²) in [5.74, 6) is 3.58. The van der Waals surface area contributed by atoms with Crippen LogP contribution in [-0.4, -0.2) is 121 Å². The predicted molar refractivity (Wildman–Crippen MR) is 266 cm³/mol. The standard InChI is InChI=1S/C45H49N11O9S2Si3/c1-68(2,25-13-23-46)64-70(65-69(3,4)26-14-24-47-45(57)48-27-36(66(58,59)60)67(61,62)63)53-37-28-15-5-6-16-29(28)38(53)50-40-32-19-9-10-20-33(32)42(55(40)70)52-44-35-22-12-11-21-34(35)43(56(44)70)51-41-31-18-8-7-17-30(31)39(49-37)54(41)70/h5-12,15-22,36H,13-14,23-27,46H2,1-4H3,(H2,47,48,57)(H,58,59,60)(H,61,62,63)/p-2. The van der Waals surface area contributed by atoms with E-state index in [1.807, 2.05) is 48.5 Å². The molecule has 12 rings (SSSR count). The molecule has 2 amide bonds. The second-order valence-electron chi connectivity index (χ2n) is 19.7. The predicted octanol–water partition coefficient (Wildman–Crippen LogP) is 3.22. The SMILES string of the molecule is C[Si](C)(CCCN)O[Si-2]123(O[Si](C)(C)CCCNC(=O)NCC(S(=O)(=O)[O-])S(=O)(=O)[O-])n4c5c6ccccc6c4N=C4c6ccccc6C(=[N+]41)N=c1c4ccccc4c(n12)=NC1=[N+]3C(=N5)c2ccccc21. The third kappa shape index (κ3) is 5.51. The number of carbonyl (C=O) groups excluding carboxylic acids is 1. The zero-order valence-corrected chi connectivity index (χ0v) is 43.0. The number of benzene rings is 4. The molecule has 0 fully saturated rings. The van der Waals surface area contributed by atoms with Crippen molar-refractivity contribution in [2.75, 3.05) is 19.6 Å². The number of nitrogens with zero attached hydrogens (tertiary/aromatic N) is 8. The van der Waals surface area contributed by atoms with Crippen molar-refractivity contribution in [2.24, 2.45) is 25.7 Å². The molecule has 25 heteroatoms. The van der Waals surface area contributed by atoms with E-state index in [9.17, 15) is 30.7 Å². The van der Waals surface area contributed by atoms with Gasteiger partial charge in [-0.25, -0.2) is 0 Å². The summed E-state index contributed by atoms with van der Waals surface area (Å²) in [5.41, 5.74) is 10.9. The second-order valence-corrected chi connectivity index (χ2v) is 37.4. The molecule has 4 N–H and O–H groups in total. The number of hydrogen-bond acceptors (Lipinski definition) is 14. The summed E-state index contributed by atoms with van der Waals surface area (Å²) in [6.45, 7) is 7.89. The van der Waals surface area contributed by atoms with Gasteiger partial charge in [0.1, 0.15) is 0 Å². The number of nitrogens with one attached hydrogen (secondary N) is 2. The number of urea groups is 1. The Morgan fingerprint density at radius 1 is 0.643 bits per heavy atom. The molecule has 0 unspecified atom stereocenters. The fourth-order valence-electron chi connectivity index (χ4n) is 12.1. The molecule has 0 bridgehead atoms. The zero-order valence-electron chi connectivity index (χ0n) is 38.4. The molecular formula is C45H47N11O9S2Si3-2. The average molecular weight is 1030 g/mol. The molecule has 0 aliphatic carbocycles. The molecule has 0 saturated carbocycles. The van der Waals surface area contributed by atoms with Gasteiger partial charge < -0.3 is 0 Å². The fourth-order valence-corrected chi connectivity index (χ4v) is 36.1. The Labute approximate surface area is 403 Å². The van der Waals surface area contributed by atoms with Crippen LogP contribution in [0.5, 0.6) is 0 Å². The first kappa shape index (κ1) is 45.0. The molecule has 362 valence electrons. The Balaban J connectivity index is 1.18. The van der Waals surface area contributed by atoms with Crippen molar-refractivity contribution in [1.29, 1.82) is 0 Å². The van der Waals surface area contributed by atoms with Crippen LogP contribution in [0.4, 0.5) is 16.4 Å². The van der Waals surface area contributed by atoms with Crippen molar-refractivity contribution in [2.45, 2.75) is 55.7 Å². The Morgan fingerprint density at radius 2 is 1.07 bits per heavy atom. The molecule has 6 aliphatic rings. The Bertz CT molecular complexity index is 3750. The van der Waals surface area contributed by atoms with E-state index in [1.165, 1.54) is 0 Å². The number of amides is 2. The van der Waals surface area contributed by atoms with E-state index in [0.717, 1.165) is 43.8 Å². The van der Waals surface area contributed by atoms with Crippen molar-refractivity contribution < 1.29 is 47.4 Å². The van der Waals surface area contributed by atoms with Crippen LogP contribution >= 0.6 is 0 Å². The maximum atomic E-state index is 13.0. The van der Waals surface area contributed by atoms with Crippen molar-refractivity contribution in [3.63, 3.8) is 0 Å². The van der Waals surface area contributed by atoms with Crippen LogP contribution in [0.1, 0.15) is 35.1 Å². The number of carbonyl (C=O) groups is 1. The van der Waals surface area contributed by atoms with Gasteiger partial charge in [-0.05, 0) is 0 Å². The maximum absolute atomic E-state index is 13.0. The summed E-state index contributed by atoms with van der Waals surface area (Å²) in [6, 6.07) is 32.5. The van der Waals surface area contributed by atoms with E-state index in [0.29, 0.717) is 77.4 Å². The van der Waals surface area contributed by atoms with Crippen LogP contribution in [0.3, 0.4) is 0 Å². The number of aliphatic imine (C=N–C) groups is 2. The Kier molecular flexibility index (Phi) is 9.18. The summed E-state index contributed by atoms with van der Waals surface area (Å²) >= 11 is 0. The molecule has 0 saturated heterocycles. The van der Waals surface area contributed by atoms with E-state index in [1.54, 1.807) is 0 Å². The van der Waals surface area contributed by atoms with Gasteiger partial charge in [0.15, 0.2) is 0 Å². The summed E-state index contributed by atoms with van der Waals surface area (Å²) in [6.07, 6.45) is 0.982. The van der Waals surface area contributed by atoms with E-state index in [2.05, 4.69) is 102 Å². The summed E-state index contributed by atoms with van der Waals surface area (Å²) < 4.78 is 93.7. The molecule has 2 aromatic heterocycles. The van der Waals surface area contributed by atoms with Gasteiger partial charge in [-0.3, -0.25) is 0 Å². The van der Waals surface area contributed by atoms with Crippen molar-refractivity contribution >= 4 is 107 Å². The first-order valence-electron chi connectivity index (χ1n) is 23.0. The van der Waals surface area contributed by atoms with Crippen LogP contribution in [0, 0.1) is 0 Å². The summed E-state index contributed by atoms with van der Waals surface area (Å²) in [4.78, 5) is 35.9. The van der Waals surface area contributed by atoms with E-state index >= 15 is 0 Å². The van der Waals surface area contributed by atoms with Gasteiger partial charge in [-0.1, -0.05) is 0 Å². The van der Waals surface area contributed by atoms with Gasteiger partial charge in [0.05, 0.1) is 0 Å². The number of rotatable bonds is 15. The fraction of sp³-hybridized carbons (Fsp3) is 0.267. The molecule has 6 aromatic rings. The number of hydrogen-bond donors (Lipinski definition) is 3. The summed E-state index contributed by atoms with van der Waals surface area (Å²) in [7, 11) is -24.7. The van der Waals surface area contributed by atoms with Gasteiger partial charge in [-0.15, -0.1) is 0 Å². The first-order chi connectivity index (χ1) is 33.2. The van der Waals surface area contributed by atoms with Gasteiger partial charge in [-0.2, -0.15) is 0 Å². The number of fused-ring (bicyclic) bond motifs is 12. The van der Waals surface area contributed by atoms with E-state index in [4.69, 9.17) is 33.9 Å². The quantitative estimate of drug-likeness (QED) is 0.0768. The summed E-state index contributed by atoms with van der Waals surface area (Å²) in [5, 5.41) is 8.07. The Morgan fingerprint density at radius 3 is 1.53 bits per heavy atom. The van der Waals surface area contributed by atoms with Crippen molar-refractivity contribution in [1.82, 2.24) is 19.1 Å². The normalized spacial score (nSPS) is 19.1. The van der Waals surface area contributed by atoms with Crippen LogP contribution in [-0.2, 0) is 28.5 Å². The molecule has 0 atom stereocenters. The number of amidine groups is 4. The molecule has 8 heterocycles. The van der Waals surface area contributed by atoms with Gasteiger partial charge >= 0.3 is 405 Å². The molecule has 70 heavy (non-hydrogen) atoms. The molecule has 6 aliphatic heterocycles. The minimum absolute atomic E-state index is 0.0140. The van der Waals surface area contributed by atoms with Gasteiger partial charge in [0, 0.05) is 0 Å².